The third kappa shape index (κ3) is 4.46. The van der Waals surface area contributed by atoms with Crippen LogP contribution in [0.4, 0.5) is 0 Å². The molecular weight excluding hydrogens is 370 g/mol. The van der Waals surface area contributed by atoms with E-state index < -0.39 is 0 Å². The van der Waals surface area contributed by atoms with Crippen molar-refractivity contribution in [3.05, 3.63) is 53.5 Å². The van der Waals surface area contributed by atoms with E-state index in [2.05, 4.69) is 41.0 Å². The number of fused-ring (bicyclic) bond motifs is 1. The summed E-state index contributed by atoms with van der Waals surface area (Å²) < 4.78 is 12.3. The van der Waals surface area contributed by atoms with Crippen molar-refractivity contribution in [2.45, 2.75) is 13.0 Å². The van der Waals surface area contributed by atoms with E-state index in [9.17, 15) is 0 Å². The van der Waals surface area contributed by atoms with Gasteiger partial charge in [0.2, 0.25) is 0 Å². The fourth-order valence-corrected chi connectivity index (χ4v) is 4.62. The standard InChI is InChI=1S/C22H27N3O2S/c1-17(22-23-20-5-3-4-6-21(20)28-22)25-13-11-24(12-14-25)15-16-27-19-9-7-18(26-2)8-10-19/h3-10,17H,11-16H2,1-2H3. The van der Waals surface area contributed by atoms with Gasteiger partial charge in [0.15, 0.2) is 0 Å². The van der Waals surface area contributed by atoms with Crippen molar-refractivity contribution >= 4 is 21.6 Å². The minimum Gasteiger partial charge on any atom is -0.497 e. The lowest BCUT2D eigenvalue weighted by Crippen LogP contribution is -2.48. The molecule has 0 saturated carbocycles. The lowest BCUT2D eigenvalue weighted by atomic mass is 10.2. The number of aromatic nitrogens is 1. The maximum atomic E-state index is 5.87. The Hall–Kier alpha value is -2.15. The van der Waals surface area contributed by atoms with E-state index in [-0.39, 0.29) is 0 Å². The van der Waals surface area contributed by atoms with Gasteiger partial charge in [-0.25, -0.2) is 4.98 Å². The summed E-state index contributed by atoms with van der Waals surface area (Å²) in [4.78, 5) is 9.85. The molecule has 5 nitrogen and oxygen atoms in total. The first-order chi connectivity index (χ1) is 13.7. The van der Waals surface area contributed by atoms with Crippen LogP contribution in [0.25, 0.3) is 10.2 Å². The Kier molecular flexibility index (Phi) is 6.10. The maximum Gasteiger partial charge on any atom is 0.119 e. The molecule has 1 unspecified atom stereocenters. The first kappa shape index (κ1) is 19.2. The maximum absolute atomic E-state index is 5.87. The fourth-order valence-electron chi connectivity index (χ4n) is 3.56. The van der Waals surface area contributed by atoms with Crippen LogP contribution in [0, 0.1) is 0 Å². The summed E-state index contributed by atoms with van der Waals surface area (Å²) in [6.45, 7) is 8.22. The molecule has 28 heavy (non-hydrogen) atoms. The molecule has 1 atom stereocenters. The quantitative estimate of drug-likeness (QED) is 0.601. The van der Waals surface area contributed by atoms with Crippen LogP contribution in [0.1, 0.15) is 18.0 Å². The number of methoxy groups -OCH3 is 1. The molecule has 148 valence electrons. The lowest BCUT2D eigenvalue weighted by Gasteiger charge is -2.37. The van der Waals surface area contributed by atoms with Crippen LogP contribution in [0.5, 0.6) is 11.5 Å². The highest BCUT2D eigenvalue weighted by atomic mass is 32.1. The molecule has 0 N–H and O–H groups in total. The molecule has 0 amide bonds. The topological polar surface area (TPSA) is 37.8 Å². The number of para-hydroxylation sites is 1. The minimum atomic E-state index is 0.370. The van der Waals surface area contributed by atoms with Crippen LogP contribution in [0.3, 0.4) is 0 Å². The third-order valence-electron chi connectivity index (χ3n) is 5.36. The molecule has 0 bridgehead atoms. The minimum absolute atomic E-state index is 0.370. The van der Waals surface area contributed by atoms with Crippen molar-refractivity contribution in [3.63, 3.8) is 0 Å². The van der Waals surface area contributed by atoms with Crippen molar-refractivity contribution in [1.82, 2.24) is 14.8 Å². The SMILES string of the molecule is COc1ccc(OCCN2CCN(C(C)c3nc4ccccc4s3)CC2)cc1. The zero-order valence-electron chi connectivity index (χ0n) is 16.5. The van der Waals surface area contributed by atoms with Crippen LogP contribution in [-0.4, -0.2) is 61.2 Å². The van der Waals surface area contributed by atoms with Crippen molar-refractivity contribution in [2.75, 3.05) is 46.4 Å². The van der Waals surface area contributed by atoms with Crippen LogP contribution in [-0.2, 0) is 0 Å². The molecule has 0 radical (unpaired) electrons. The molecule has 1 fully saturated rings. The summed E-state index contributed by atoms with van der Waals surface area (Å²) >= 11 is 1.82. The second kappa shape index (κ2) is 8.90. The van der Waals surface area contributed by atoms with Gasteiger partial charge < -0.3 is 9.47 Å². The number of rotatable bonds is 7. The van der Waals surface area contributed by atoms with Gasteiger partial charge >= 0.3 is 0 Å². The number of piperazine rings is 1. The predicted octanol–water partition coefficient (Wildman–Crippen LogP) is 4.06. The molecule has 1 aliphatic rings. The Balaban J connectivity index is 1.23. The molecule has 3 aromatic rings. The average Bonchev–Trinajstić information content (AvgIpc) is 3.18. The van der Waals surface area contributed by atoms with E-state index in [1.54, 1.807) is 7.11 Å². The molecule has 1 saturated heterocycles. The molecular formula is C22H27N3O2S. The Morgan fingerprint density at radius 1 is 1.00 bits per heavy atom. The first-order valence-electron chi connectivity index (χ1n) is 9.81. The van der Waals surface area contributed by atoms with Gasteiger partial charge in [-0.1, -0.05) is 12.1 Å². The van der Waals surface area contributed by atoms with Gasteiger partial charge in [-0.05, 0) is 43.3 Å². The molecule has 0 aliphatic carbocycles. The molecule has 2 heterocycles. The normalized spacial score (nSPS) is 16.9. The van der Waals surface area contributed by atoms with Crippen molar-refractivity contribution < 1.29 is 9.47 Å². The zero-order valence-corrected chi connectivity index (χ0v) is 17.3. The largest absolute Gasteiger partial charge is 0.497 e. The number of ether oxygens (including phenoxy) is 2. The van der Waals surface area contributed by atoms with Gasteiger partial charge in [-0.2, -0.15) is 0 Å². The van der Waals surface area contributed by atoms with E-state index in [1.807, 2.05) is 35.6 Å². The molecule has 2 aromatic carbocycles. The zero-order chi connectivity index (χ0) is 19.3. The van der Waals surface area contributed by atoms with E-state index in [4.69, 9.17) is 14.5 Å². The average molecular weight is 398 g/mol. The summed E-state index contributed by atoms with van der Waals surface area (Å²) in [5.41, 5.74) is 1.11. The summed E-state index contributed by atoms with van der Waals surface area (Å²) in [6, 6.07) is 16.5. The van der Waals surface area contributed by atoms with Crippen LogP contribution in [0.15, 0.2) is 48.5 Å². The van der Waals surface area contributed by atoms with E-state index in [0.717, 1.165) is 49.7 Å². The van der Waals surface area contributed by atoms with E-state index in [1.165, 1.54) is 9.71 Å². The molecule has 4 rings (SSSR count). The summed E-state index contributed by atoms with van der Waals surface area (Å²) in [6.07, 6.45) is 0. The number of nitrogens with zero attached hydrogens (tertiary/aromatic N) is 3. The number of hydrogen-bond acceptors (Lipinski definition) is 6. The molecule has 0 spiro atoms. The second-order valence-electron chi connectivity index (χ2n) is 7.10. The number of hydrogen-bond donors (Lipinski definition) is 0. The Morgan fingerprint density at radius 3 is 2.43 bits per heavy atom. The second-order valence-corrected chi connectivity index (χ2v) is 8.16. The molecule has 1 aliphatic heterocycles. The van der Waals surface area contributed by atoms with Crippen molar-refractivity contribution in [3.8, 4) is 11.5 Å². The van der Waals surface area contributed by atoms with Crippen LogP contribution < -0.4 is 9.47 Å². The molecule has 6 heteroatoms. The monoisotopic (exact) mass is 397 g/mol. The van der Waals surface area contributed by atoms with Crippen molar-refractivity contribution in [1.29, 1.82) is 0 Å². The van der Waals surface area contributed by atoms with Gasteiger partial charge in [-0.15, -0.1) is 11.3 Å². The smallest absolute Gasteiger partial charge is 0.119 e. The highest BCUT2D eigenvalue weighted by Crippen LogP contribution is 2.29. The fraction of sp³-hybridized carbons (Fsp3) is 0.409. The Bertz CT molecular complexity index is 855. The van der Waals surface area contributed by atoms with Crippen molar-refractivity contribution in [2.24, 2.45) is 0 Å². The number of benzene rings is 2. The molecule has 1 aromatic heterocycles. The summed E-state index contributed by atoms with van der Waals surface area (Å²) in [7, 11) is 1.67. The number of thiazole rings is 1. The van der Waals surface area contributed by atoms with E-state index in [0.29, 0.717) is 12.6 Å². The highest BCUT2D eigenvalue weighted by molar-refractivity contribution is 7.18. The van der Waals surface area contributed by atoms with Gasteiger partial charge in [-0.3, -0.25) is 9.80 Å². The summed E-state index contributed by atoms with van der Waals surface area (Å²) in [5.74, 6) is 1.75. The predicted molar refractivity (Wildman–Crippen MR) is 115 cm³/mol. The highest BCUT2D eigenvalue weighted by Gasteiger charge is 2.24. The van der Waals surface area contributed by atoms with Crippen LogP contribution in [0.2, 0.25) is 0 Å². The van der Waals surface area contributed by atoms with Gasteiger partial charge in [0.25, 0.3) is 0 Å². The van der Waals surface area contributed by atoms with Gasteiger partial charge in [0.1, 0.15) is 23.1 Å². The van der Waals surface area contributed by atoms with Gasteiger partial charge in [0, 0.05) is 32.7 Å². The third-order valence-corrected chi connectivity index (χ3v) is 6.56. The van der Waals surface area contributed by atoms with Crippen LogP contribution >= 0.6 is 11.3 Å². The van der Waals surface area contributed by atoms with Gasteiger partial charge in [0.05, 0.1) is 23.4 Å². The summed E-state index contributed by atoms with van der Waals surface area (Å²) in [5, 5.41) is 1.22. The van der Waals surface area contributed by atoms with E-state index >= 15 is 0 Å². The Labute approximate surface area is 170 Å². The Morgan fingerprint density at radius 2 is 1.71 bits per heavy atom. The first-order valence-corrected chi connectivity index (χ1v) is 10.6. The lowest BCUT2D eigenvalue weighted by molar-refractivity contribution is 0.0917.